The van der Waals surface area contributed by atoms with E-state index in [-0.39, 0.29) is 13.2 Å². The Kier molecular flexibility index (Phi) is 6.08. The summed E-state index contributed by atoms with van der Waals surface area (Å²) in [6.07, 6.45) is 1.57. The molecule has 2 heterocycles. The number of carbonyl (C=O) groups is 1. The molecule has 5 nitrogen and oxygen atoms in total. The van der Waals surface area contributed by atoms with E-state index in [0.29, 0.717) is 31.5 Å². The molecule has 0 N–H and O–H groups in total. The Morgan fingerprint density at radius 1 is 1.12 bits per heavy atom. The second-order valence-electron chi connectivity index (χ2n) is 5.33. The van der Waals surface area contributed by atoms with E-state index in [0.717, 1.165) is 5.56 Å². The molecule has 0 spiro atoms. The highest BCUT2D eigenvalue weighted by Crippen LogP contribution is 2.22. The molecule has 2 aromatic heterocycles. The van der Waals surface area contributed by atoms with Crippen LogP contribution in [-0.4, -0.2) is 15.9 Å². The maximum Gasteiger partial charge on any atom is 0.350 e. The zero-order chi connectivity index (χ0) is 18.5. The molecule has 0 bridgehead atoms. The van der Waals surface area contributed by atoms with Crippen molar-refractivity contribution in [1.82, 2.24) is 9.97 Å². The van der Waals surface area contributed by atoms with E-state index in [1.807, 2.05) is 0 Å². The van der Waals surface area contributed by atoms with Crippen LogP contribution < -0.4 is 4.74 Å². The van der Waals surface area contributed by atoms with E-state index in [1.54, 1.807) is 49.5 Å². The number of rotatable bonds is 6. The molecule has 134 valence electrons. The molecule has 0 amide bonds. The van der Waals surface area contributed by atoms with Crippen molar-refractivity contribution in [3.63, 3.8) is 0 Å². The van der Waals surface area contributed by atoms with Gasteiger partial charge in [0, 0.05) is 16.8 Å². The minimum absolute atomic E-state index is 0.122. The molecular weight excluding hydrogens is 395 g/mol. The fourth-order valence-electron chi connectivity index (χ4n) is 2.09. The molecule has 0 aliphatic heterocycles. The summed E-state index contributed by atoms with van der Waals surface area (Å²) in [5, 5.41) is 1.73. The van der Waals surface area contributed by atoms with E-state index in [9.17, 15) is 4.79 Å². The minimum atomic E-state index is -0.423. The van der Waals surface area contributed by atoms with Gasteiger partial charge in [-0.3, -0.25) is 0 Å². The summed E-state index contributed by atoms with van der Waals surface area (Å²) in [7, 11) is 0. The highest BCUT2D eigenvalue weighted by atomic mass is 35.5. The molecule has 0 aliphatic rings. The second kappa shape index (κ2) is 8.49. The Labute approximate surface area is 164 Å². The first-order chi connectivity index (χ1) is 12.5. The van der Waals surface area contributed by atoms with Gasteiger partial charge in [0.25, 0.3) is 0 Å². The number of nitrogens with zero attached hydrogens (tertiary/aromatic N) is 2. The lowest BCUT2D eigenvalue weighted by Gasteiger charge is -2.04. The van der Waals surface area contributed by atoms with Crippen LogP contribution in [0.2, 0.25) is 10.2 Å². The summed E-state index contributed by atoms with van der Waals surface area (Å²) in [5.74, 6) is 0.259. The Bertz CT molecular complexity index is 896. The average molecular weight is 409 g/mol. The normalized spacial score (nSPS) is 10.6. The van der Waals surface area contributed by atoms with Gasteiger partial charge in [-0.15, -0.1) is 11.3 Å². The van der Waals surface area contributed by atoms with Crippen LogP contribution in [0.5, 0.6) is 5.75 Å². The van der Waals surface area contributed by atoms with Crippen LogP contribution in [0.3, 0.4) is 0 Å². The van der Waals surface area contributed by atoms with Gasteiger partial charge < -0.3 is 9.47 Å². The summed E-state index contributed by atoms with van der Waals surface area (Å²) >= 11 is 12.8. The summed E-state index contributed by atoms with van der Waals surface area (Å²) in [4.78, 5) is 21.1. The van der Waals surface area contributed by atoms with E-state index >= 15 is 0 Å². The quantitative estimate of drug-likeness (QED) is 0.419. The van der Waals surface area contributed by atoms with Crippen LogP contribution in [0.15, 0.2) is 42.6 Å². The summed E-state index contributed by atoms with van der Waals surface area (Å²) in [6.45, 7) is 2.15. The number of hydrogen-bond donors (Lipinski definition) is 0. The number of aromatic nitrogens is 2. The zero-order valence-electron chi connectivity index (χ0n) is 13.7. The van der Waals surface area contributed by atoms with Crippen LogP contribution in [0.4, 0.5) is 0 Å². The average Bonchev–Trinajstić information content (AvgIpc) is 3.01. The molecule has 0 radical (unpaired) electrons. The lowest BCUT2D eigenvalue weighted by Crippen LogP contribution is -2.05. The van der Waals surface area contributed by atoms with Crippen LogP contribution in [0.1, 0.15) is 25.9 Å². The smallest absolute Gasteiger partial charge is 0.350 e. The molecule has 0 unspecified atom stereocenters. The first-order valence-electron chi connectivity index (χ1n) is 7.63. The number of thiazole rings is 1. The van der Waals surface area contributed by atoms with Crippen molar-refractivity contribution >= 4 is 40.5 Å². The monoisotopic (exact) mass is 408 g/mol. The lowest BCUT2D eigenvalue weighted by atomic mass is 10.3. The Morgan fingerprint density at radius 3 is 2.58 bits per heavy atom. The summed E-state index contributed by atoms with van der Waals surface area (Å²) < 4.78 is 11.0. The number of carbonyl (C=O) groups excluding carboxylic acids is 1. The Hall–Kier alpha value is -2.15. The number of ether oxygens (including phenoxy) is 2. The molecule has 0 atom stereocenters. The molecule has 26 heavy (non-hydrogen) atoms. The maximum absolute atomic E-state index is 12.3. The standard InChI is InChI=1S/C18H14Cl2N2O3S/c1-11-17(18(23)25-9-12-2-7-15(20)21-8-12)26-16(22-11)10-24-14-5-3-13(19)4-6-14/h2-8H,9-10H2,1H3. The lowest BCUT2D eigenvalue weighted by molar-refractivity contribution is 0.0477. The Balaban J connectivity index is 1.58. The van der Waals surface area contributed by atoms with Crippen molar-refractivity contribution in [3.8, 4) is 5.75 Å². The van der Waals surface area contributed by atoms with Crippen molar-refractivity contribution in [3.05, 3.63) is 73.9 Å². The van der Waals surface area contributed by atoms with Crippen molar-refractivity contribution in [2.45, 2.75) is 20.1 Å². The van der Waals surface area contributed by atoms with Crippen LogP contribution in [0, 0.1) is 6.92 Å². The first-order valence-corrected chi connectivity index (χ1v) is 9.21. The largest absolute Gasteiger partial charge is 0.486 e. The van der Waals surface area contributed by atoms with Gasteiger partial charge in [0.1, 0.15) is 34.0 Å². The van der Waals surface area contributed by atoms with E-state index in [4.69, 9.17) is 32.7 Å². The predicted molar refractivity (Wildman–Crippen MR) is 101 cm³/mol. The van der Waals surface area contributed by atoms with Crippen LogP contribution >= 0.6 is 34.5 Å². The first kappa shape index (κ1) is 18.6. The van der Waals surface area contributed by atoms with E-state index < -0.39 is 5.97 Å². The van der Waals surface area contributed by atoms with Crippen molar-refractivity contribution in [2.75, 3.05) is 0 Å². The van der Waals surface area contributed by atoms with Gasteiger partial charge in [-0.1, -0.05) is 29.3 Å². The summed E-state index contributed by atoms with van der Waals surface area (Å²) in [6, 6.07) is 10.5. The van der Waals surface area contributed by atoms with Gasteiger partial charge in [-0.2, -0.15) is 0 Å². The molecule has 3 rings (SSSR count). The highest BCUT2D eigenvalue weighted by Gasteiger charge is 2.17. The molecule has 3 aromatic rings. The Morgan fingerprint density at radius 2 is 1.88 bits per heavy atom. The number of esters is 1. The molecule has 0 fully saturated rings. The minimum Gasteiger partial charge on any atom is -0.486 e. The molecule has 0 aliphatic carbocycles. The molecule has 1 aromatic carbocycles. The third kappa shape index (κ3) is 4.94. The van der Waals surface area contributed by atoms with Gasteiger partial charge in [0.2, 0.25) is 0 Å². The molecule has 8 heteroatoms. The highest BCUT2D eigenvalue weighted by molar-refractivity contribution is 7.13. The number of halogens is 2. The van der Waals surface area contributed by atoms with E-state index in [1.165, 1.54) is 11.3 Å². The molecule has 0 saturated heterocycles. The van der Waals surface area contributed by atoms with Gasteiger partial charge in [-0.25, -0.2) is 14.8 Å². The summed E-state index contributed by atoms with van der Waals surface area (Å²) in [5.41, 5.74) is 1.38. The zero-order valence-corrected chi connectivity index (χ0v) is 16.1. The van der Waals surface area contributed by atoms with Crippen LogP contribution in [0.25, 0.3) is 0 Å². The van der Waals surface area contributed by atoms with Gasteiger partial charge >= 0.3 is 5.97 Å². The van der Waals surface area contributed by atoms with Crippen LogP contribution in [-0.2, 0) is 18.0 Å². The topological polar surface area (TPSA) is 61.3 Å². The number of pyridine rings is 1. The van der Waals surface area contributed by atoms with Crippen molar-refractivity contribution in [2.24, 2.45) is 0 Å². The predicted octanol–water partition coefficient (Wildman–Crippen LogP) is 5.09. The maximum atomic E-state index is 12.3. The van der Waals surface area contributed by atoms with Gasteiger partial charge in [0.05, 0.1) is 5.69 Å². The third-order valence-corrected chi connectivity index (χ3v) is 4.95. The van der Waals surface area contributed by atoms with Crippen molar-refractivity contribution < 1.29 is 14.3 Å². The molecule has 0 saturated carbocycles. The van der Waals surface area contributed by atoms with Crippen molar-refractivity contribution in [1.29, 1.82) is 0 Å². The third-order valence-electron chi connectivity index (χ3n) is 3.36. The van der Waals surface area contributed by atoms with Gasteiger partial charge in [-0.05, 0) is 37.3 Å². The SMILES string of the molecule is Cc1nc(COc2ccc(Cl)cc2)sc1C(=O)OCc1ccc(Cl)nc1. The molecular formula is C18H14Cl2N2O3S. The fourth-order valence-corrected chi connectivity index (χ4v) is 3.20. The second-order valence-corrected chi connectivity index (χ2v) is 7.24. The number of benzene rings is 1. The van der Waals surface area contributed by atoms with E-state index in [2.05, 4.69) is 9.97 Å². The number of hydrogen-bond acceptors (Lipinski definition) is 6. The van der Waals surface area contributed by atoms with Gasteiger partial charge in [0.15, 0.2) is 0 Å². The fraction of sp³-hybridized carbons (Fsp3) is 0.167. The number of aryl methyl sites for hydroxylation is 1.